The number of imidazole rings is 1. The number of halogens is 2. The highest BCUT2D eigenvalue weighted by Gasteiger charge is 2.11. The molecule has 0 radical (unpaired) electrons. The Bertz CT molecular complexity index is 841. The summed E-state index contributed by atoms with van der Waals surface area (Å²) >= 11 is 12.0. The van der Waals surface area contributed by atoms with Crippen LogP contribution in [0.1, 0.15) is 5.56 Å². The van der Waals surface area contributed by atoms with Crippen molar-refractivity contribution in [1.82, 2.24) is 9.55 Å². The lowest BCUT2D eigenvalue weighted by Gasteiger charge is -2.08. The van der Waals surface area contributed by atoms with Crippen LogP contribution in [0.25, 0.3) is 16.7 Å². The van der Waals surface area contributed by atoms with E-state index in [0.29, 0.717) is 32.8 Å². The van der Waals surface area contributed by atoms with E-state index in [2.05, 4.69) is 11.1 Å². The summed E-state index contributed by atoms with van der Waals surface area (Å²) in [5.41, 5.74) is 8.64. The van der Waals surface area contributed by atoms with Gasteiger partial charge in [0.1, 0.15) is 0 Å². The number of nitriles is 1. The standard InChI is InChI=1S/C14H8Cl2N4/c15-9-4-10(16)6-11(5-9)20-13-3-8(7-17)1-2-12(13)19-14(20)18/h1-6H,(H2,18,19). The lowest BCUT2D eigenvalue weighted by atomic mass is 10.2. The third-order valence-electron chi connectivity index (χ3n) is 2.92. The zero-order valence-electron chi connectivity index (χ0n) is 10.1. The third-order valence-corrected chi connectivity index (χ3v) is 3.35. The molecule has 0 spiro atoms. The van der Waals surface area contributed by atoms with E-state index in [1.54, 1.807) is 41.0 Å². The van der Waals surface area contributed by atoms with Gasteiger partial charge in [-0.1, -0.05) is 23.2 Å². The maximum absolute atomic E-state index is 9.00. The molecule has 6 heteroatoms. The van der Waals surface area contributed by atoms with E-state index < -0.39 is 0 Å². The molecular weight excluding hydrogens is 295 g/mol. The van der Waals surface area contributed by atoms with Crippen LogP contribution in [0.3, 0.4) is 0 Å². The second-order valence-electron chi connectivity index (χ2n) is 4.25. The van der Waals surface area contributed by atoms with Gasteiger partial charge in [-0.25, -0.2) is 4.98 Å². The van der Waals surface area contributed by atoms with Crippen LogP contribution < -0.4 is 5.73 Å². The fraction of sp³-hybridized carbons (Fsp3) is 0. The minimum atomic E-state index is 0.313. The van der Waals surface area contributed by atoms with Crippen molar-refractivity contribution in [2.45, 2.75) is 0 Å². The van der Waals surface area contributed by atoms with Crippen molar-refractivity contribution in [3.05, 3.63) is 52.0 Å². The van der Waals surface area contributed by atoms with Crippen LogP contribution in [0.2, 0.25) is 10.0 Å². The number of nitrogen functional groups attached to an aromatic ring is 1. The number of nitrogens with two attached hydrogens (primary N) is 1. The molecule has 0 fully saturated rings. The van der Waals surface area contributed by atoms with Crippen LogP contribution in [0.4, 0.5) is 5.95 Å². The molecule has 0 aliphatic rings. The summed E-state index contributed by atoms with van der Waals surface area (Å²) in [7, 11) is 0. The second-order valence-corrected chi connectivity index (χ2v) is 5.12. The van der Waals surface area contributed by atoms with Crippen molar-refractivity contribution in [2.75, 3.05) is 5.73 Å². The van der Waals surface area contributed by atoms with Crippen molar-refractivity contribution in [2.24, 2.45) is 0 Å². The van der Waals surface area contributed by atoms with E-state index in [9.17, 15) is 0 Å². The minimum absolute atomic E-state index is 0.313. The van der Waals surface area contributed by atoms with Crippen molar-refractivity contribution in [1.29, 1.82) is 5.26 Å². The molecule has 0 aliphatic carbocycles. The summed E-state index contributed by atoms with van der Waals surface area (Å²) in [6, 6.07) is 12.4. The zero-order valence-corrected chi connectivity index (χ0v) is 11.7. The highest BCUT2D eigenvalue weighted by molar-refractivity contribution is 6.34. The number of nitrogens with zero attached hydrogens (tertiary/aromatic N) is 3. The van der Waals surface area contributed by atoms with Gasteiger partial charge in [-0.3, -0.25) is 4.57 Å². The lowest BCUT2D eigenvalue weighted by molar-refractivity contribution is 1.11. The number of rotatable bonds is 1. The highest BCUT2D eigenvalue weighted by Crippen LogP contribution is 2.28. The number of anilines is 1. The van der Waals surface area contributed by atoms with Gasteiger partial charge in [0.2, 0.25) is 5.95 Å². The third kappa shape index (κ3) is 2.07. The van der Waals surface area contributed by atoms with Crippen molar-refractivity contribution < 1.29 is 0 Å². The smallest absolute Gasteiger partial charge is 0.205 e. The van der Waals surface area contributed by atoms with Crippen LogP contribution in [-0.4, -0.2) is 9.55 Å². The quantitative estimate of drug-likeness (QED) is 0.743. The Kier molecular flexibility index (Phi) is 3.01. The van der Waals surface area contributed by atoms with Crippen molar-refractivity contribution >= 4 is 40.2 Å². The van der Waals surface area contributed by atoms with E-state index in [-0.39, 0.29) is 0 Å². The fourth-order valence-electron chi connectivity index (χ4n) is 2.10. The lowest BCUT2D eigenvalue weighted by Crippen LogP contribution is -2.00. The Labute approximate surface area is 125 Å². The van der Waals surface area contributed by atoms with Gasteiger partial charge in [-0.15, -0.1) is 0 Å². The molecule has 1 heterocycles. The van der Waals surface area contributed by atoms with Crippen LogP contribution in [0, 0.1) is 11.3 Å². The first-order valence-corrected chi connectivity index (χ1v) is 6.48. The van der Waals surface area contributed by atoms with Gasteiger partial charge in [0.15, 0.2) is 0 Å². The van der Waals surface area contributed by atoms with Gasteiger partial charge in [0.25, 0.3) is 0 Å². The maximum atomic E-state index is 9.00. The molecule has 0 atom stereocenters. The van der Waals surface area contributed by atoms with Gasteiger partial charge >= 0.3 is 0 Å². The Morgan fingerprint density at radius 2 is 1.80 bits per heavy atom. The SMILES string of the molecule is N#Cc1ccc2nc(N)n(-c3cc(Cl)cc(Cl)c3)c2c1. The van der Waals surface area contributed by atoms with Gasteiger partial charge in [-0.05, 0) is 36.4 Å². The Hall–Kier alpha value is -2.22. The number of benzene rings is 2. The molecule has 2 aromatic carbocycles. The number of hydrogen-bond acceptors (Lipinski definition) is 3. The van der Waals surface area contributed by atoms with Crippen LogP contribution in [0.15, 0.2) is 36.4 Å². The maximum Gasteiger partial charge on any atom is 0.205 e. The average molecular weight is 303 g/mol. The monoisotopic (exact) mass is 302 g/mol. The molecule has 4 nitrogen and oxygen atoms in total. The summed E-state index contributed by atoms with van der Waals surface area (Å²) in [5, 5.41) is 10.0. The first kappa shape index (κ1) is 12.8. The van der Waals surface area contributed by atoms with E-state index in [1.807, 2.05) is 0 Å². The van der Waals surface area contributed by atoms with Gasteiger partial charge in [0, 0.05) is 10.0 Å². The predicted molar refractivity (Wildman–Crippen MR) is 80.2 cm³/mol. The highest BCUT2D eigenvalue weighted by atomic mass is 35.5. The number of fused-ring (bicyclic) bond motifs is 1. The molecule has 0 amide bonds. The summed E-state index contributed by atoms with van der Waals surface area (Å²) in [4.78, 5) is 4.27. The first-order valence-electron chi connectivity index (χ1n) is 5.73. The summed E-state index contributed by atoms with van der Waals surface area (Å²) in [6.07, 6.45) is 0. The molecule has 2 N–H and O–H groups in total. The van der Waals surface area contributed by atoms with E-state index >= 15 is 0 Å². The van der Waals surface area contributed by atoms with E-state index in [0.717, 1.165) is 5.52 Å². The molecule has 0 aliphatic heterocycles. The van der Waals surface area contributed by atoms with Gasteiger partial charge in [-0.2, -0.15) is 5.26 Å². The van der Waals surface area contributed by atoms with Gasteiger partial charge in [0.05, 0.1) is 28.4 Å². The molecule has 0 saturated heterocycles. The first-order chi connectivity index (χ1) is 9.58. The predicted octanol–water partition coefficient (Wildman–Crippen LogP) is 3.79. The molecular formula is C14H8Cl2N4. The van der Waals surface area contributed by atoms with Crippen LogP contribution in [0.5, 0.6) is 0 Å². The van der Waals surface area contributed by atoms with E-state index in [4.69, 9.17) is 34.2 Å². The molecule has 1 aromatic heterocycles. The Balaban J connectivity index is 2.35. The summed E-state index contributed by atoms with van der Waals surface area (Å²) in [5.74, 6) is 0.313. The average Bonchev–Trinajstić information content (AvgIpc) is 2.72. The number of hydrogen-bond donors (Lipinski definition) is 1. The summed E-state index contributed by atoms with van der Waals surface area (Å²) < 4.78 is 1.72. The zero-order chi connectivity index (χ0) is 14.3. The van der Waals surface area contributed by atoms with Crippen molar-refractivity contribution in [3.63, 3.8) is 0 Å². The second kappa shape index (κ2) is 4.71. The largest absolute Gasteiger partial charge is 0.369 e. The van der Waals surface area contributed by atoms with Gasteiger partial charge < -0.3 is 5.73 Å². The Morgan fingerprint density at radius 3 is 2.45 bits per heavy atom. The van der Waals surface area contributed by atoms with Crippen LogP contribution in [-0.2, 0) is 0 Å². The molecule has 0 unspecified atom stereocenters. The molecule has 3 rings (SSSR count). The molecule has 3 aromatic rings. The van der Waals surface area contributed by atoms with E-state index in [1.165, 1.54) is 0 Å². The molecule has 0 saturated carbocycles. The van der Waals surface area contributed by atoms with Crippen LogP contribution >= 0.6 is 23.2 Å². The summed E-state index contributed by atoms with van der Waals surface area (Å²) in [6.45, 7) is 0. The minimum Gasteiger partial charge on any atom is -0.369 e. The number of aromatic nitrogens is 2. The normalized spacial score (nSPS) is 10.7. The molecule has 0 bridgehead atoms. The molecule has 20 heavy (non-hydrogen) atoms. The van der Waals surface area contributed by atoms with Crippen molar-refractivity contribution in [3.8, 4) is 11.8 Å². The molecule has 98 valence electrons. The topological polar surface area (TPSA) is 67.6 Å². The Morgan fingerprint density at radius 1 is 1.10 bits per heavy atom. The fourth-order valence-corrected chi connectivity index (χ4v) is 2.62.